The highest BCUT2D eigenvalue weighted by Crippen LogP contribution is 2.22. The minimum Gasteiger partial charge on any atom is -0.478 e. The van der Waals surface area contributed by atoms with E-state index >= 15 is 0 Å². The van der Waals surface area contributed by atoms with Gasteiger partial charge >= 0.3 is 5.97 Å². The number of carboxylic acids is 1. The Kier molecular flexibility index (Phi) is 5.07. The number of anilines is 1. The van der Waals surface area contributed by atoms with E-state index in [0.29, 0.717) is 21.4 Å². The molecule has 2 N–H and O–H groups in total. The van der Waals surface area contributed by atoms with E-state index < -0.39 is 5.97 Å². The molecular formula is C15H15N3O4S. The number of hydrogen-bond donors (Lipinski definition) is 2. The Labute approximate surface area is 136 Å². The smallest absolute Gasteiger partial charge is 0.328 e. The zero-order valence-electron chi connectivity index (χ0n) is 12.6. The maximum Gasteiger partial charge on any atom is 0.328 e. The zero-order chi connectivity index (χ0) is 17.0. The molecule has 0 bridgehead atoms. The minimum atomic E-state index is -1.06. The second-order valence-corrected chi connectivity index (χ2v) is 5.77. The number of hydrogen-bond acceptors (Lipinski definition) is 5. The molecule has 23 heavy (non-hydrogen) atoms. The van der Waals surface area contributed by atoms with Crippen molar-refractivity contribution in [2.24, 2.45) is 0 Å². The Balaban J connectivity index is 2.06. The molecule has 0 spiro atoms. The number of amides is 1. The van der Waals surface area contributed by atoms with Crippen LogP contribution in [0.3, 0.4) is 0 Å². The summed E-state index contributed by atoms with van der Waals surface area (Å²) < 4.78 is 1.61. The number of carbonyl (C=O) groups is 3. The monoisotopic (exact) mass is 333 g/mol. The first-order chi connectivity index (χ1) is 10.9. The molecule has 0 aliphatic carbocycles. The van der Waals surface area contributed by atoms with Crippen molar-refractivity contribution < 1.29 is 19.5 Å². The summed E-state index contributed by atoms with van der Waals surface area (Å²) in [4.78, 5) is 38.7. The molecule has 2 heterocycles. The molecule has 0 aliphatic rings. The molecule has 0 saturated carbocycles. The molecule has 2 rings (SSSR count). The van der Waals surface area contributed by atoms with E-state index in [1.165, 1.54) is 13.0 Å². The fraction of sp³-hybridized carbons (Fsp3) is 0.200. The Morgan fingerprint density at radius 1 is 1.43 bits per heavy atom. The van der Waals surface area contributed by atoms with Crippen molar-refractivity contribution in [2.75, 3.05) is 5.32 Å². The third-order valence-corrected chi connectivity index (χ3v) is 4.11. The lowest BCUT2D eigenvalue weighted by molar-refractivity contribution is -0.131. The van der Waals surface area contributed by atoms with Crippen molar-refractivity contribution in [3.63, 3.8) is 0 Å². The lowest BCUT2D eigenvalue weighted by Crippen LogP contribution is -2.18. The van der Waals surface area contributed by atoms with Crippen LogP contribution < -0.4 is 5.32 Å². The molecule has 0 radical (unpaired) electrons. The van der Waals surface area contributed by atoms with E-state index in [1.807, 2.05) is 0 Å². The summed E-state index contributed by atoms with van der Waals surface area (Å²) in [7, 11) is 0. The van der Waals surface area contributed by atoms with Crippen molar-refractivity contribution in [1.29, 1.82) is 0 Å². The molecule has 2 aromatic heterocycles. The van der Waals surface area contributed by atoms with E-state index in [4.69, 9.17) is 5.11 Å². The van der Waals surface area contributed by atoms with Crippen LogP contribution in [0.15, 0.2) is 24.4 Å². The lowest BCUT2D eigenvalue weighted by Gasteiger charge is -2.06. The van der Waals surface area contributed by atoms with Crippen molar-refractivity contribution in [3.8, 4) is 0 Å². The summed E-state index contributed by atoms with van der Waals surface area (Å²) in [5, 5.41) is 11.7. The molecule has 7 nitrogen and oxygen atoms in total. The summed E-state index contributed by atoms with van der Waals surface area (Å²) in [5.41, 5.74) is 1.19. The van der Waals surface area contributed by atoms with Gasteiger partial charge in [-0.3, -0.25) is 9.59 Å². The number of rotatable bonds is 6. The van der Waals surface area contributed by atoms with Crippen molar-refractivity contribution in [1.82, 2.24) is 9.55 Å². The van der Waals surface area contributed by atoms with Gasteiger partial charge in [0, 0.05) is 24.9 Å². The molecule has 1 amide bonds. The lowest BCUT2D eigenvalue weighted by atomic mass is 10.3. The highest BCUT2D eigenvalue weighted by atomic mass is 32.1. The molecule has 8 heteroatoms. The SMILES string of the molecule is CC(=O)c1sc(NC(=O)Cn2cccc2/C=C/C(=O)O)nc1C. The quantitative estimate of drug-likeness (QED) is 0.623. The van der Waals surface area contributed by atoms with E-state index in [1.54, 1.807) is 29.8 Å². The van der Waals surface area contributed by atoms with Gasteiger partial charge in [0.25, 0.3) is 0 Å². The van der Waals surface area contributed by atoms with Crippen LogP contribution in [0.2, 0.25) is 0 Å². The van der Waals surface area contributed by atoms with Crippen molar-refractivity contribution in [2.45, 2.75) is 20.4 Å². The van der Waals surface area contributed by atoms with Gasteiger partial charge in [-0.25, -0.2) is 9.78 Å². The van der Waals surface area contributed by atoms with Crippen LogP contribution in [0.25, 0.3) is 6.08 Å². The normalized spacial score (nSPS) is 10.9. The second-order valence-electron chi connectivity index (χ2n) is 4.77. The molecule has 120 valence electrons. The van der Waals surface area contributed by atoms with Crippen LogP contribution in [0, 0.1) is 6.92 Å². The molecule has 0 aliphatic heterocycles. The number of ketones is 1. The summed E-state index contributed by atoms with van der Waals surface area (Å²) in [6.07, 6.45) is 4.10. The molecule has 0 unspecified atom stereocenters. The van der Waals surface area contributed by atoms with Crippen LogP contribution in [0.5, 0.6) is 0 Å². The third kappa shape index (κ3) is 4.36. The average Bonchev–Trinajstić information content (AvgIpc) is 3.03. The predicted octanol–water partition coefficient (Wildman–Crippen LogP) is 2.19. The Morgan fingerprint density at radius 3 is 2.78 bits per heavy atom. The van der Waals surface area contributed by atoms with Gasteiger partial charge in [-0.1, -0.05) is 11.3 Å². The van der Waals surface area contributed by atoms with Gasteiger partial charge in [0.05, 0.1) is 10.6 Å². The molecule has 0 atom stereocenters. The number of carboxylic acid groups (broad SMARTS) is 1. The van der Waals surface area contributed by atoms with Crippen LogP contribution in [0.4, 0.5) is 5.13 Å². The summed E-state index contributed by atoms with van der Waals surface area (Å²) in [6.45, 7) is 3.18. The molecule has 2 aromatic rings. The van der Waals surface area contributed by atoms with E-state index in [-0.39, 0.29) is 18.2 Å². The maximum atomic E-state index is 12.1. The maximum absolute atomic E-state index is 12.1. The minimum absolute atomic E-state index is 0.0142. The first-order valence-electron chi connectivity index (χ1n) is 6.71. The number of aromatic nitrogens is 2. The van der Waals surface area contributed by atoms with Crippen LogP contribution in [0.1, 0.15) is 28.0 Å². The summed E-state index contributed by atoms with van der Waals surface area (Å²) in [5.74, 6) is -1.46. The van der Waals surface area contributed by atoms with Gasteiger partial charge in [0.15, 0.2) is 10.9 Å². The Hall–Kier alpha value is -2.74. The van der Waals surface area contributed by atoms with Crippen molar-refractivity contribution in [3.05, 3.63) is 40.7 Å². The van der Waals surface area contributed by atoms with Gasteiger partial charge in [-0.05, 0) is 25.1 Å². The fourth-order valence-electron chi connectivity index (χ4n) is 1.97. The standard InChI is InChI=1S/C15H15N3O4S/c1-9-14(10(2)19)23-15(16-9)17-12(20)8-18-7-3-4-11(18)5-6-13(21)22/h3-7H,8H2,1-2H3,(H,21,22)(H,16,17,20)/b6-5+. The highest BCUT2D eigenvalue weighted by molar-refractivity contribution is 7.17. The molecule has 0 fully saturated rings. The molecular weight excluding hydrogens is 318 g/mol. The number of nitrogens with one attached hydrogen (secondary N) is 1. The number of aliphatic carboxylic acids is 1. The summed E-state index contributed by atoms with van der Waals surface area (Å²) in [6, 6.07) is 3.42. The van der Waals surface area contributed by atoms with Crippen LogP contribution in [-0.2, 0) is 16.1 Å². The third-order valence-electron chi connectivity index (χ3n) is 2.94. The van der Waals surface area contributed by atoms with Crippen LogP contribution in [-0.4, -0.2) is 32.3 Å². The summed E-state index contributed by atoms with van der Waals surface area (Å²) >= 11 is 1.13. The Bertz CT molecular complexity index is 788. The molecule has 0 saturated heterocycles. The van der Waals surface area contributed by atoms with Gasteiger partial charge in [0.2, 0.25) is 5.91 Å². The van der Waals surface area contributed by atoms with Gasteiger partial charge < -0.3 is 15.0 Å². The van der Waals surface area contributed by atoms with E-state index in [2.05, 4.69) is 10.3 Å². The van der Waals surface area contributed by atoms with Gasteiger partial charge in [0.1, 0.15) is 6.54 Å². The number of carbonyl (C=O) groups excluding carboxylic acids is 2. The topological polar surface area (TPSA) is 101 Å². The van der Waals surface area contributed by atoms with Crippen molar-refractivity contribution >= 4 is 40.2 Å². The first kappa shape index (κ1) is 16.6. The number of Topliss-reactive ketones (excluding diaryl/α,β-unsaturated/α-hetero) is 1. The fourth-order valence-corrected chi connectivity index (χ4v) is 2.85. The molecule has 0 aromatic carbocycles. The van der Waals surface area contributed by atoms with Gasteiger partial charge in [-0.2, -0.15) is 0 Å². The number of aryl methyl sites for hydroxylation is 1. The Morgan fingerprint density at radius 2 is 2.17 bits per heavy atom. The van der Waals surface area contributed by atoms with E-state index in [0.717, 1.165) is 17.4 Å². The number of thiazole rings is 1. The largest absolute Gasteiger partial charge is 0.478 e. The zero-order valence-corrected chi connectivity index (χ0v) is 13.4. The second kappa shape index (κ2) is 7.01. The van der Waals surface area contributed by atoms with Crippen LogP contribution >= 0.6 is 11.3 Å². The number of nitrogens with zero attached hydrogens (tertiary/aromatic N) is 2. The predicted molar refractivity (Wildman–Crippen MR) is 86.6 cm³/mol. The van der Waals surface area contributed by atoms with Gasteiger partial charge in [-0.15, -0.1) is 0 Å². The van der Waals surface area contributed by atoms with E-state index in [9.17, 15) is 14.4 Å². The highest BCUT2D eigenvalue weighted by Gasteiger charge is 2.14. The first-order valence-corrected chi connectivity index (χ1v) is 7.53. The average molecular weight is 333 g/mol.